The Labute approximate surface area is 213 Å². The average Bonchev–Trinajstić information content (AvgIpc) is 2.94. The van der Waals surface area contributed by atoms with Crippen LogP contribution in [0, 0.1) is 6.92 Å². The summed E-state index contributed by atoms with van der Waals surface area (Å²) in [5.74, 6) is -0.581. The summed E-state index contributed by atoms with van der Waals surface area (Å²) in [5, 5.41) is 11.4. The van der Waals surface area contributed by atoms with Gasteiger partial charge < -0.3 is 5.32 Å². The van der Waals surface area contributed by atoms with Gasteiger partial charge in [-0.25, -0.2) is 9.48 Å². The van der Waals surface area contributed by atoms with E-state index in [2.05, 4.69) is 15.7 Å². The Morgan fingerprint density at radius 2 is 1.59 bits per heavy atom. The van der Waals surface area contributed by atoms with Gasteiger partial charge >= 0.3 is 6.03 Å². The molecule has 9 heteroatoms. The predicted octanol–water partition coefficient (Wildman–Crippen LogP) is 6.97. The minimum absolute atomic E-state index is 0.0754. The molecule has 1 aliphatic carbocycles. The molecule has 34 heavy (non-hydrogen) atoms. The first-order chi connectivity index (χ1) is 16.3. The van der Waals surface area contributed by atoms with Crippen LogP contribution in [0.3, 0.4) is 0 Å². The van der Waals surface area contributed by atoms with Gasteiger partial charge in [-0.2, -0.15) is 5.10 Å². The molecule has 2 N–H and O–H groups in total. The zero-order valence-corrected chi connectivity index (χ0v) is 21.0. The Hall–Kier alpha value is -2.54. The van der Waals surface area contributed by atoms with Crippen molar-refractivity contribution in [1.82, 2.24) is 20.4 Å². The molecule has 2 aromatic carbocycles. The number of hydrogen-bond acceptors (Lipinski definition) is 3. The molecule has 0 aliphatic heterocycles. The molecule has 0 radical (unpaired) electrons. The number of carbonyl (C=O) groups is 2. The number of benzene rings is 2. The second-order valence-electron chi connectivity index (χ2n) is 8.45. The lowest BCUT2D eigenvalue weighted by atomic mass is 10.1. The third-order valence-corrected chi connectivity index (χ3v) is 6.80. The second-order valence-corrected chi connectivity index (χ2v) is 9.73. The van der Waals surface area contributed by atoms with Gasteiger partial charge in [-0.15, -0.1) is 0 Å². The average molecular weight is 520 g/mol. The van der Waals surface area contributed by atoms with E-state index >= 15 is 0 Å². The van der Waals surface area contributed by atoms with Crippen molar-refractivity contribution in [3.8, 4) is 16.9 Å². The fourth-order valence-electron chi connectivity index (χ4n) is 4.29. The molecule has 0 saturated heterocycles. The summed E-state index contributed by atoms with van der Waals surface area (Å²) in [6.07, 6.45) is 6.35. The number of aromatic nitrogens is 2. The number of imide groups is 1. The van der Waals surface area contributed by atoms with Crippen LogP contribution in [0.15, 0.2) is 42.5 Å². The topological polar surface area (TPSA) is 76.0 Å². The minimum atomic E-state index is -0.581. The second kappa shape index (κ2) is 10.8. The number of hydrogen-bond donors (Lipinski definition) is 2. The van der Waals surface area contributed by atoms with Crippen LogP contribution in [-0.4, -0.2) is 27.8 Å². The summed E-state index contributed by atoms with van der Waals surface area (Å²) in [7, 11) is 0. The van der Waals surface area contributed by atoms with Crippen molar-refractivity contribution in [2.75, 3.05) is 0 Å². The molecule has 1 aromatic heterocycles. The van der Waals surface area contributed by atoms with Gasteiger partial charge in [0.1, 0.15) is 0 Å². The molecule has 3 amide bonds. The Balaban J connectivity index is 1.66. The molecular formula is C25H25Cl3N4O2. The Bertz CT molecular complexity index is 1200. The van der Waals surface area contributed by atoms with Crippen LogP contribution >= 0.6 is 34.8 Å². The summed E-state index contributed by atoms with van der Waals surface area (Å²) >= 11 is 18.6. The van der Waals surface area contributed by atoms with Crippen LogP contribution in [-0.2, 0) is 0 Å². The molecular weight excluding hydrogens is 495 g/mol. The summed E-state index contributed by atoms with van der Waals surface area (Å²) in [4.78, 5) is 25.6. The van der Waals surface area contributed by atoms with Crippen LogP contribution in [0.1, 0.15) is 54.6 Å². The third kappa shape index (κ3) is 5.57. The Morgan fingerprint density at radius 1 is 0.941 bits per heavy atom. The van der Waals surface area contributed by atoms with Crippen molar-refractivity contribution >= 4 is 46.7 Å². The van der Waals surface area contributed by atoms with E-state index in [1.807, 2.05) is 12.1 Å². The quantitative estimate of drug-likeness (QED) is 0.365. The van der Waals surface area contributed by atoms with Crippen LogP contribution in [0.4, 0.5) is 4.79 Å². The van der Waals surface area contributed by atoms with Crippen molar-refractivity contribution < 1.29 is 9.59 Å². The van der Waals surface area contributed by atoms with E-state index in [1.54, 1.807) is 41.9 Å². The molecule has 0 spiro atoms. The van der Waals surface area contributed by atoms with Crippen LogP contribution in [0.2, 0.25) is 15.1 Å². The van der Waals surface area contributed by atoms with Crippen molar-refractivity contribution in [2.45, 2.75) is 51.5 Å². The van der Waals surface area contributed by atoms with Gasteiger partial charge in [-0.3, -0.25) is 10.1 Å². The molecule has 1 fully saturated rings. The fourth-order valence-corrected chi connectivity index (χ4v) is 4.91. The largest absolute Gasteiger partial charge is 0.335 e. The lowest BCUT2D eigenvalue weighted by molar-refractivity contribution is 0.0957. The molecule has 4 rings (SSSR count). The van der Waals surface area contributed by atoms with Gasteiger partial charge in [-0.1, -0.05) is 72.6 Å². The number of halogens is 3. The van der Waals surface area contributed by atoms with Crippen molar-refractivity contribution in [1.29, 1.82) is 0 Å². The first kappa shape index (κ1) is 24.6. The van der Waals surface area contributed by atoms with E-state index in [1.165, 1.54) is 12.8 Å². The summed E-state index contributed by atoms with van der Waals surface area (Å²) < 4.78 is 1.59. The van der Waals surface area contributed by atoms with Crippen molar-refractivity contribution in [3.05, 3.63) is 68.8 Å². The van der Waals surface area contributed by atoms with Crippen LogP contribution < -0.4 is 10.6 Å². The standard InChI is InChI=1S/C25H25Cl3N4O2/c1-15-22(24(33)30-25(34)29-19-6-4-2-3-5-7-19)31-32(21-13-12-18(27)14-20(21)28)23(15)16-8-10-17(26)11-9-16/h8-14,19H,2-7H2,1H3,(H2,29,30,33,34). The maximum absolute atomic E-state index is 13.1. The highest BCUT2D eigenvalue weighted by molar-refractivity contribution is 6.35. The van der Waals surface area contributed by atoms with E-state index in [4.69, 9.17) is 34.8 Å². The number of urea groups is 1. The molecule has 1 saturated carbocycles. The normalized spacial score (nSPS) is 14.5. The van der Waals surface area contributed by atoms with Crippen LogP contribution in [0.25, 0.3) is 16.9 Å². The molecule has 178 valence electrons. The zero-order valence-electron chi connectivity index (χ0n) is 18.7. The van der Waals surface area contributed by atoms with Gasteiger partial charge in [0.05, 0.1) is 16.4 Å². The fraction of sp³-hybridized carbons (Fsp3) is 0.320. The van der Waals surface area contributed by atoms with Gasteiger partial charge in [0.15, 0.2) is 5.69 Å². The number of nitrogens with one attached hydrogen (secondary N) is 2. The number of carbonyl (C=O) groups excluding carboxylic acids is 2. The van der Waals surface area contributed by atoms with Gasteiger partial charge in [0.25, 0.3) is 5.91 Å². The SMILES string of the molecule is Cc1c(C(=O)NC(=O)NC2CCCCCC2)nn(-c2ccc(Cl)cc2Cl)c1-c1ccc(Cl)cc1. The molecule has 3 aromatic rings. The summed E-state index contributed by atoms with van der Waals surface area (Å²) in [6.45, 7) is 1.79. The van der Waals surface area contributed by atoms with Crippen molar-refractivity contribution in [2.24, 2.45) is 0 Å². The molecule has 0 atom stereocenters. The lowest BCUT2D eigenvalue weighted by Gasteiger charge is -2.16. The molecule has 6 nitrogen and oxygen atoms in total. The van der Waals surface area contributed by atoms with E-state index in [0.717, 1.165) is 31.2 Å². The monoisotopic (exact) mass is 518 g/mol. The molecule has 1 aliphatic rings. The van der Waals surface area contributed by atoms with E-state index in [0.29, 0.717) is 32.0 Å². The maximum atomic E-state index is 13.1. The highest BCUT2D eigenvalue weighted by Gasteiger charge is 2.25. The molecule has 0 unspecified atom stereocenters. The molecule has 1 heterocycles. The van der Waals surface area contributed by atoms with Gasteiger partial charge in [0, 0.05) is 27.2 Å². The lowest BCUT2D eigenvalue weighted by Crippen LogP contribution is -2.44. The van der Waals surface area contributed by atoms with E-state index in [9.17, 15) is 9.59 Å². The van der Waals surface area contributed by atoms with Gasteiger partial charge in [0.2, 0.25) is 0 Å². The Kier molecular flexibility index (Phi) is 7.81. The maximum Gasteiger partial charge on any atom is 0.321 e. The van der Waals surface area contributed by atoms with Gasteiger partial charge in [-0.05, 0) is 50.1 Å². The third-order valence-electron chi connectivity index (χ3n) is 6.01. The molecule has 0 bridgehead atoms. The first-order valence-corrected chi connectivity index (χ1v) is 12.4. The highest BCUT2D eigenvalue weighted by atomic mass is 35.5. The zero-order chi connectivity index (χ0) is 24.2. The smallest absolute Gasteiger partial charge is 0.321 e. The van der Waals surface area contributed by atoms with Crippen LogP contribution in [0.5, 0.6) is 0 Å². The number of nitrogens with zero attached hydrogens (tertiary/aromatic N) is 2. The Morgan fingerprint density at radius 3 is 2.24 bits per heavy atom. The number of rotatable bonds is 4. The predicted molar refractivity (Wildman–Crippen MR) is 136 cm³/mol. The summed E-state index contributed by atoms with van der Waals surface area (Å²) in [6, 6.07) is 11.8. The minimum Gasteiger partial charge on any atom is -0.335 e. The summed E-state index contributed by atoms with van der Waals surface area (Å²) in [5.41, 5.74) is 2.75. The van der Waals surface area contributed by atoms with Crippen molar-refractivity contribution in [3.63, 3.8) is 0 Å². The van der Waals surface area contributed by atoms with E-state index in [-0.39, 0.29) is 11.7 Å². The first-order valence-electron chi connectivity index (χ1n) is 11.3. The highest BCUT2D eigenvalue weighted by Crippen LogP contribution is 2.33. The number of amides is 3. The van der Waals surface area contributed by atoms with E-state index < -0.39 is 11.9 Å².